The second-order valence-electron chi connectivity index (χ2n) is 4.98. The molecule has 0 unspecified atom stereocenters. The lowest BCUT2D eigenvalue weighted by molar-refractivity contribution is 0.153. The monoisotopic (exact) mass is 391 g/mol. The molecular weight excluding hydrogens is 365 g/mol. The molecule has 0 aromatic rings. The number of guanidine groups is 1. The van der Waals surface area contributed by atoms with Crippen molar-refractivity contribution in [2.75, 3.05) is 26.3 Å². The fraction of sp³-hybridized carbons (Fsp3) is 0.667. The maximum absolute atomic E-state index is 5.31. The molecule has 5 heteroatoms. The third-order valence-corrected chi connectivity index (χ3v) is 3.45. The Kier molecular flexibility index (Phi) is 8.93. The van der Waals surface area contributed by atoms with Gasteiger partial charge in [0.25, 0.3) is 0 Å². The molecule has 0 aromatic heterocycles. The smallest absolute Gasteiger partial charge is 0.191 e. The highest BCUT2D eigenvalue weighted by atomic mass is 127. The molecule has 0 amide bonds. The van der Waals surface area contributed by atoms with Gasteiger partial charge < -0.3 is 15.4 Å². The second-order valence-corrected chi connectivity index (χ2v) is 4.98. The molecule has 0 saturated carbocycles. The lowest BCUT2D eigenvalue weighted by atomic mass is 10.1. The molecule has 2 aliphatic rings. The van der Waals surface area contributed by atoms with Crippen LogP contribution in [-0.2, 0) is 4.74 Å². The topological polar surface area (TPSA) is 45.7 Å². The Labute approximate surface area is 139 Å². The first-order chi connectivity index (χ1) is 9.38. The lowest BCUT2D eigenvalue weighted by Crippen LogP contribution is -2.42. The standard InChI is InChI=1S/C15H25N3O.HI/c1-2-16-15(18-14-5-3-4-6-14)17-10-7-13-8-11-19-12-9-13;/h3-4,8,14H,2,5-7,9-12H2,1H3,(H2,16,17,18);1H. The van der Waals surface area contributed by atoms with Gasteiger partial charge in [-0.05, 0) is 32.6 Å². The van der Waals surface area contributed by atoms with Crippen LogP contribution < -0.4 is 10.6 Å². The summed E-state index contributed by atoms with van der Waals surface area (Å²) in [5.41, 5.74) is 1.48. The predicted octanol–water partition coefficient (Wildman–Crippen LogP) is 2.61. The minimum Gasteiger partial charge on any atom is -0.377 e. The van der Waals surface area contributed by atoms with Gasteiger partial charge in [-0.1, -0.05) is 23.8 Å². The zero-order valence-corrected chi connectivity index (χ0v) is 14.6. The van der Waals surface area contributed by atoms with E-state index in [2.05, 4.69) is 40.8 Å². The number of aliphatic imine (C=N–C) groups is 1. The summed E-state index contributed by atoms with van der Waals surface area (Å²) in [6.45, 7) is 5.49. The average Bonchev–Trinajstić information content (AvgIpc) is 2.93. The summed E-state index contributed by atoms with van der Waals surface area (Å²) in [6.07, 6.45) is 11.0. The van der Waals surface area contributed by atoms with Gasteiger partial charge in [-0.2, -0.15) is 0 Å². The third kappa shape index (κ3) is 6.26. The van der Waals surface area contributed by atoms with Crippen LogP contribution in [0.1, 0.15) is 32.6 Å². The van der Waals surface area contributed by atoms with E-state index in [-0.39, 0.29) is 24.0 Å². The Morgan fingerprint density at radius 3 is 2.85 bits per heavy atom. The highest BCUT2D eigenvalue weighted by Crippen LogP contribution is 2.12. The van der Waals surface area contributed by atoms with Crippen molar-refractivity contribution >= 4 is 29.9 Å². The molecule has 1 heterocycles. The number of ether oxygens (including phenoxy) is 1. The molecule has 0 fully saturated rings. The molecule has 0 aromatic carbocycles. The van der Waals surface area contributed by atoms with E-state index in [4.69, 9.17) is 4.74 Å². The maximum atomic E-state index is 5.31. The first-order valence-electron chi connectivity index (χ1n) is 7.34. The van der Waals surface area contributed by atoms with Crippen molar-refractivity contribution in [2.24, 2.45) is 4.99 Å². The van der Waals surface area contributed by atoms with E-state index in [0.717, 1.165) is 57.9 Å². The van der Waals surface area contributed by atoms with Gasteiger partial charge in [0.1, 0.15) is 0 Å². The van der Waals surface area contributed by atoms with Crippen LogP contribution in [-0.4, -0.2) is 38.3 Å². The summed E-state index contributed by atoms with van der Waals surface area (Å²) in [4.78, 5) is 4.66. The second kappa shape index (κ2) is 10.2. The van der Waals surface area contributed by atoms with Crippen LogP contribution in [0.4, 0.5) is 0 Å². The van der Waals surface area contributed by atoms with Gasteiger partial charge >= 0.3 is 0 Å². The van der Waals surface area contributed by atoms with Crippen molar-refractivity contribution in [3.05, 3.63) is 23.8 Å². The summed E-state index contributed by atoms with van der Waals surface area (Å²) in [5.74, 6) is 0.948. The van der Waals surface area contributed by atoms with Crippen molar-refractivity contribution in [2.45, 2.75) is 38.6 Å². The van der Waals surface area contributed by atoms with E-state index in [9.17, 15) is 0 Å². The van der Waals surface area contributed by atoms with Crippen LogP contribution in [0.15, 0.2) is 28.8 Å². The molecule has 1 aliphatic carbocycles. The predicted molar refractivity (Wildman–Crippen MR) is 94.8 cm³/mol. The average molecular weight is 391 g/mol. The van der Waals surface area contributed by atoms with E-state index < -0.39 is 0 Å². The van der Waals surface area contributed by atoms with Gasteiger partial charge in [-0.3, -0.25) is 4.99 Å². The van der Waals surface area contributed by atoms with Gasteiger partial charge in [0.15, 0.2) is 5.96 Å². The Hall–Kier alpha value is -0.560. The quantitative estimate of drug-likeness (QED) is 0.328. The van der Waals surface area contributed by atoms with Crippen molar-refractivity contribution in [1.82, 2.24) is 10.6 Å². The fourth-order valence-electron chi connectivity index (χ4n) is 2.35. The minimum atomic E-state index is 0. The largest absolute Gasteiger partial charge is 0.377 e. The van der Waals surface area contributed by atoms with Gasteiger partial charge in [0.2, 0.25) is 0 Å². The molecule has 1 aliphatic heterocycles. The molecule has 0 bridgehead atoms. The van der Waals surface area contributed by atoms with Crippen LogP contribution >= 0.6 is 24.0 Å². The van der Waals surface area contributed by atoms with Crippen LogP contribution in [0.25, 0.3) is 0 Å². The highest BCUT2D eigenvalue weighted by molar-refractivity contribution is 14.0. The van der Waals surface area contributed by atoms with E-state index in [1.54, 1.807) is 0 Å². The maximum Gasteiger partial charge on any atom is 0.191 e. The van der Waals surface area contributed by atoms with E-state index in [1.165, 1.54) is 5.57 Å². The van der Waals surface area contributed by atoms with Crippen LogP contribution in [0, 0.1) is 0 Å². The van der Waals surface area contributed by atoms with Gasteiger partial charge in [-0.15, -0.1) is 24.0 Å². The van der Waals surface area contributed by atoms with Crippen LogP contribution in [0.3, 0.4) is 0 Å². The van der Waals surface area contributed by atoms with Crippen LogP contribution in [0.2, 0.25) is 0 Å². The molecule has 2 N–H and O–H groups in total. The third-order valence-electron chi connectivity index (χ3n) is 3.45. The van der Waals surface area contributed by atoms with Crippen molar-refractivity contribution in [3.8, 4) is 0 Å². The summed E-state index contributed by atoms with van der Waals surface area (Å²) in [5, 5.41) is 6.80. The fourth-order valence-corrected chi connectivity index (χ4v) is 2.35. The molecular formula is C15H26IN3O. The summed E-state index contributed by atoms with van der Waals surface area (Å²) >= 11 is 0. The van der Waals surface area contributed by atoms with E-state index in [1.807, 2.05) is 0 Å². The highest BCUT2D eigenvalue weighted by Gasteiger charge is 2.11. The number of hydrogen-bond donors (Lipinski definition) is 2. The zero-order valence-electron chi connectivity index (χ0n) is 12.2. The molecule has 0 saturated heterocycles. The van der Waals surface area contributed by atoms with Gasteiger partial charge in [0.05, 0.1) is 13.2 Å². The Bertz CT molecular complexity index is 358. The molecule has 2 rings (SSSR count). The number of halogens is 1. The van der Waals surface area contributed by atoms with Gasteiger partial charge in [0, 0.05) is 19.1 Å². The summed E-state index contributed by atoms with van der Waals surface area (Å²) < 4.78 is 5.31. The van der Waals surface area contributed by atoms with Crippen molar-refractivity contribution in [1.29, 1.82) is 0 Å². The van der Waals surface area contributed by atoms with Crippen molar-refractivity contribution < 1.29 is 4.74 Å². The Morgan fingerprint density at radius 1 is 1.40 bits per heavy atom. The molecule has 20 heavy (non-hydrogen) atoms. The Morgan fingerprint density at radius 2 is 2.20 bits per heavy atom. The molecule has 0 atom stereocenters. The first-order valence-corrected chi connectivity index (χ1v) is 7.34. The SMILES string of the molecule is CCNC(=NCCC1=CCOCC1)NC1CC=CC1.I. The zero-order chi connectivity index (χ0) is 13.3. The number of rotatable bonds is 5. The molecule has 4 nitrogen and oxygen atoms in total. The summed E-state index contributed by atoms with van der Waals surface area (Å²) in [7, 11) is 0. The summed E-state index contributed by atoms with van der Waals surface area (Å²) in [6, 6.07) is 0.514. The Balaban J connectivity index is 0.00000200. The number of nitrogens with one attached hydrogen (secondary N) is 2. The van der Waals surface area contributed by atoms with Crippen LogP contribution in [0.5, 0.6) is 0 Å². The lowest BCUT2D eigenvalue weighted by Gasteiger charge is -2.17. The number of hydrogen-bond acceptors (Lipinski definition) is 2. The number of nitrogens with zero attached hydrogens (tertiary/aromatic N) is 1. The first kappa shape index (κ1) is 17.5. The van der Waals surface area contributed by atoms with E-state index in [0.29, 0.717) is 6.04 Å². The minimum absolute atomic E-state index is 0. The molecule has 0 radical (unpaired) electrons. The normalized spacial score (nSPS) is 19.4. The van der Waals surface area contributed by atoms with Crippen molar-refractivity contribution in [3.63, 3.8) is 0 Å². The van der Waals surface area contributed by atoms with E-state index >= 15 is 0 Å². The van der Waals surface area contributed by atoms with Gasteiger partial charge in [-0.25, -0.2) is 0 Å². The molecule has 114 valence electrons. The molecule has 0 spiro atoms.